The molecule has 0 aromatic rings. The van der Waals surface area contributed by atoms with E-state index < -0.39 is 0 Å². The van der Waals surface area contributed by atoms with Crippen LogP contribution in [-0.2, 0) is 0 Å². The van der Waals surface area contributed by atoms with Gasteiger partial charge in [-0.1, -0.05) is 6.08 Å². The fourth-order valence-corrected chi connectivity index (χ4v) is 0.766. The second-order valence-electron chi connectivity index (χ2n) is 2.63. The molecule has 0 saturated heterocycles. The second-order valence-corrected chi connectivity index (χ2v) is 2.63. The summed E-state index contributed by atoms with van der Waals surface area (Å²) in [7, 11) is 4.00. The molecule has 0 fully saturated rings. The van der Waals surface area contributed by atoms with Gasteiger partial charge in [-0.2, -0.15) is 5.26 Å². The maximum atomic E-state index is 7.32. The molecule has 0 amide bonds. The molecule has 0 radical (unpaired) electrons. The third kappa shape index (κ3) is 6.70. The molecule has 0 atom stereocenters. The fourth-order valence-electron chi connectivity index (χ4n) is 0.766. The van der Waals surface area contributed by atoms with Crippen molar-refractivity contribution >= 4 is 0 Å². The van der Waals surface area contributed by atoms with Crippen LogP contribution in [0.4, 0.5) is 0 Å². The highest BCUT2D eigenvalue weighted by atomic mass is 15.0. The van der Waals surface area contributed by atoms with E-state index in [1.54, 1.807) is 6.07 Å². The zero-order valence-electron chi connectivity index (χ0n) is 8.28. The summed E-state index contributed by atoms with van der Waals surface area (Å²) >= 11 is 0. The van der Waals surface area contributed by atoms with Gasteiger partial charge in [0, 0.05) is 33.4 Å². The van der Waals surface area contributed by atoms with Crippen molar-refractivity contribution in [1.82, 2.24) is 10.2 Å². The average Bonchev–Trinajstić information content (AvgIpc) is 2.06. The third-order valence-electron chi connectivity index (χ3n) is 1.13. The number of nitrogens with zero attached hydrogens (tertiary/aromatic N) is 2. The minimum Gasteiger partial charge on any atom is -0.382 e. The quantitative estimate of drug-likeness (QED) is 0.661. The minimum absolute atomic E-state index is 1.12. The molecule has 1 aliphatic rings. The van der Waals surface area contributed by atoms with Crippen molar-refractivity contribution in [3.63, 3.8) is 0 Å². The van der Waals surface area contributed by atoms with Gasteiger partial charge in [0.25, 0.3) is 0 Å². The van der Waals surface area contributed by atoms with Crippen molar-refractivity contribution in [3.05, 3.63) is 36.3 Å². The molecule has 1 rings (SSSR count). The number of dihydropyridines is 1. The van der Waals surface area contributed by atoms with Crippen LogP contribution >= 0.6 is 0 Å². The zero-order valence-corrected chi connectivity index (χ0v) is 8.28. The monoisotopic (exact) mass is 177 g/mol. The Kier molecular flexibility index (Phi) is 6.08. The van der Waals surface area contributed by atoms with Gasteiger partial charge in [-0.05, 0) is 12.2 Å². The molecule has 1 aliphatic heterocycles. The first-order valence-corrected chi connectivity index (χ1v) is 3.99. The Hall–Kier alpha value is -1.69. The summed E-state index contributed by atoms with van der Waals surface area (Å²) in [6.07, 6.45) is 9.94. The molecule has 1 heterocycles. The first kappa shape index (κ1) is 11.3. The summed E-state index contributed by atoms with van der Waals surface area (Å²) in [5.41, 5.74) is 1.12. The van der Waals surface area contributed by atoms with Crippen molar-refractivity contribution in [3.8, 4) is 6.07 Å². The maximum Gasteiger partial charge on any atom is 0.0587 e. The predicted octanol–water partition coefficient (Wildman–Crippen LogP) is 1.59. The minimum atomic E-state index is 1.12. The Bertz CT molecular complexity index is 254. The van der Waals surface area contributed by atoms with Gasteiger partial charge in [0.05, 0.1) is 11.8 Å². The zero-order chi connectivity index (χ0) is 10.1. The van der Waals surface area contributed by atoms with E-state index in [4.69, 9.17) is 5.26 Å². The van der Waals surface area contributed by atoms with E-state index in [-0.39, 0.29) is 0 Å². The van der Waals surface area contributed by atoms with Crippen LogP contribution in [0.1, 0.15) is 6.92 Å². The molecule has 0 bridgehead atoms. The van der Waals surface area contributed by atoms with Crippen LogP contribution < -0.4 is 5.32 Å². The van der Waals surface area contributed by atoms with Crippen molar-refractivity contribution in [2.24, 2.45) is 0 Å². The highest BCUT2D eigenvalue weighted by Crippen LogP contribution is 1.97. The van der Waals surface area contributed by atoms with Crippen LogP contribution in [0.25, 0.3) is 0 Å². The summed E-state index contributed by atoms with van der Waals surface area (Å²) < 4.78 is 0. The van der Waals surface area contributed by atoms with E-state index in [0.29, 0.717) is 0 Å². The molecule has 3 heteroatoms. The molecule has 0 unspecified atom stereocenters. The van der Waals surface area contributed by atoms with E-state index in [1.807, 2.05) is 49.6 Å². The van der Waals surface area contributed by atoms with E-state index in [2.05, 4.69) is 5.32 Å². The van der Waals surface area contributed by atoms with Crippen molar-refractivity contribution in [1.29, 1.82) is 5.26 Å². The Morgan fingerprint density at radius 3 is 2.46 bits per heavy atom. The van der Waals surface area contributed by atoms with Gasteiger partial charge in [-0.15, -0.1) is 0 Å². The van der Waals surface area contributed by atoms with Crippen molar-refractivity contribution in [2.75, 3.05) is 14.1 Å². The molecule has 0 aliphatic carbocycles. The number of nitrogens with one attached hydrogen (secondary N) is 1. The highest BCUT2D eigenvalue weighted by Gasteiger charge is 1.90. The van der Waals surface area contributed by atoms with Crippen molar-refractivity contribution < 1.29 is 0 Å². The molecular formula is C10H15N3. The fraction of sp³-hybridized carbons (Fsp3) is 0.300. The molecule has 3 nitrogen and oxygen atoms in total. The van der Waals surface area contributed by atoms with Crippen LogP contribution in [0, 0.1) is 11.3 Å². The SMILES string of the molecule is CC#N.CN(C)C=C1C=CC=CN1. The van der Waals surface area contributed by atoms with E-state index in [0.717, 1.165) is 5.70 Å². The normalized spacial score (nSPS) is 15.4. The summed E-state index contributed by atoms with van der Waals surface area (Å²) in [5, 5.41) is 10.4. The smallest absolute Gasteiger partial charge is 0.0587 e. The van der Waals surface area contributed by atoms with Crippen LogP contribution in [0.2, 0.25) is 0 Å². The molecular weight excluding hydrogens is 162 g/mol. The van der Waals surface area contributed by atoms with Gasteiger partial charge in [0.15, 0.2) is 0 Å². The van der Waals surface area contributed by atoms with Gasteiger partial charge < -0.3 is 10.2 Å². The van der Waals surface area contributed by atoms with Crippen LogP contribution in [0.15, 0.2) is 36.3 Å². The van der Waals surface area contributed by atoms with Gasteiger partial charge in [-0.25, -0.2) is 0 Å². The first-order valence-electron chi connectivity index (χ1n) is 3.99. The molecule has 0 aromatic heterocycles. The lowest BCUT2D eigenvalue weighted by atomic mass is 10.3. The Morgan fingerprint density at radius 2 is 2.08 bits per heavy atom. The Morgan fingerprint density at radius 1 is 1.46 bits per heavy atom. The van der Waals surface area contributed by atoms with Crippen LogP contribution in [0.5, 0.6) is 0 Å². The van der Waals surface area contributed by atoms with Crippen LogP contribution in [0.3, 0.4) is 0 Å². The molecule has 0 spiro atoms. The summed E-state index contributed by atoms with van der Waals surface area (Å²) in [4.78, 5) is 2.01. The number of rotatable bonds is 1. The Balaban J connectivity index is 0.000000424. The van der Waals surface area contributed by atoms with Gasteiger partial charge in [0.1, 0.15) is 0 Å². The van der Waals surface area contributed by atoms with Crippen molar-refractivity contribution in [2.45, 2.75) is 6.92 Å². The average molecular weight is 177 g/mol. The van der Waals surface area contributed by atoms with Crippen LogP contribution in [-0.4, -0.2) is 19.0 Å². The molecule has 1 N–H and O–H groups in total. The predicted molar refractivity (Wildman–Crippen MR) is 54.5 cm³/mol. The third-order valence-corrected chi connectivity index (χ3v) is 1.13. The lowest BCUT2D eigenvalue weighted by Gasteiger charge is -2.09. The number of hydrogen-bond donors (Lipinski definition) is 1. The summed E-state index contributed by atoms with van der Waals surface area (Å²) in [6.45, 7) is 1.43. The summed E-state index contributed by atoms with van der Waals surface area (Å²) in [5.74, 6) is 0. The maximum absolute atomic E-state index is 7.32. The molecule has 13 heavy (non-hydrogen) atoms. The van der Waals surface area contributed by atoms with Gasteiger partial charge >= 0.3 is 0 Å². The molecule has 0 aromatic carbocycles. The van der Waals surface area contributed by atoms with E-state index in [1.165, 1.54) is 6.92 Å². The molecule has 70 valence electrons. The highest BCUT2D eigenvalue weighted by molar-refractivity contribution is 5.26. The first-order chi connectivity index (χ1) is 6.20. The number of hydrogen-bond acceptors (Lipinski definition) is 3. The van der Waals surface area contributed by atoms with E-state index in [9.17, 15) is 0 Å². The number of allylic oxidation sites excluding steroid dienone is 3. The lowest BCUT2D eigenvalue weighted by Crippen LogP contribution is -2.10. The topological polar surface area (TPSA) is 39.1 Å². The van der Waals surface area contributed by atoms with Gasteiger partial charge in [-0.3, -0.25) is 0 Å². The standard InChI is InChI=1S/C8H12N2.C2H3N/c1-10(2)7-8-5-3-4-6-9-8;1-2-3/h3-7,9H,1-2H3;1H3. The second kappa shape index (κ2) is 6.99. The summed E-state index contributed by atoms with van der Waals surface area (Å²) in [6, 6.07) is 1.75. The Labute approximate surface area is 79.7 Å². The van der Waals surface area contributed by atoms with Gasteiger partial charge in [0.2, 0.25) is 0 Å². The van der Waals surface area contributed by atoms with E-state index >= 15 is 0 Å². The number of nitriles is 1. The molecule has 0 saturated carbocycles. The lowest BCUT2D eigenvalue weighted by molar-refractivity contribution is 0.556. The largest absolute Gasteiger partial charge is 0.382 e.